The molecule has 1 fully saturated rings. The van der Waals surface area contributed by atoms with Crippen molar-refractivity contribution in [1.29, 1.82) is 0 Å². The zero-order valence-corrected chi connectivity index (χ0v) is 14.6. The van der Waals surface area contributed by atoms with Crippen LogP contribution in [0.15, 0.2) is 67.0 Å². The number of halogens is 1. The summed E-state index contributed by atoms with van der Waals surface area (Å²) in [5.74, 6) is 0.630. The zero-order valence-electron chi connectivity index (χ0n) is 14.6. The van der Waals surface area contributed by atoms with Gasteiger partial charge in [0.1, 0.15) is 17.8 Å². The molecule has 1 saturated heterocycles. The van der Waals surface area contributed by atoms with E-state index in [2.05, 4.69) is 23.1 Å². The molecule has 1 aliphatic heterocycles. The van der Waals surface area contributed by atoms with E-state index in [1.807, 2.05) is 29.1 Å². The van der Waals surface area contributed by atoms with Crippen LogP contribution in [-0.4, -0.2) is 29.7 Å². The lowest BCUT2D eigenvalue weighted by molar-refractivity contribution is 0.0288. The van der Waals surface area contributed by atoms with Crippen molar-refractivity contribution in [2.24, 2.45) is 0 Å². The highest BCUT2D eigenvalue weighted by molar-refractivity contribution is 5.34. The molecule has 4 rings (SSSR count). The molecule has 4 nitrogen and oxygen atoms in total. The third-order valence-corrected chi connectivity index (χ3v) is 4.66. The molecule has 1 aromatic heterocycles. The van der Waals surface area contributed by atoms with Crippen molar-refractivity contribution in [2.75, 3.05) is 20.3 Å². The molecule has 0 radical (unpaired) electrons. The van der Waals surface area contributed by atoms with Crippen molar-refractivity contribution < 1.29 is 13.9 Å². The molecule has 2 aromatic carbocycles. The van der Waals surface area contributed by atoms with Gasteiger partial charge in [0, 0.05) is 36.7 Å². The van der Waals surface area contributed by atoms with Crippen LogP contribution in [0.25, 0.3) is 5.69 Å². The molecule has 0 bridgehead atoms. The lowest BCUT2D eigenvalue weighted by Gasteiger charge is -2.22. The fraction of sp³-hybridized carbons (Fsp3) is 0.238. The summed E-state index contributed by atoms with van der Waals surface area (Å²) in [7, 11) is 1.67. The van der Waals surface area contributed by atoms with E-state index in [4.69, 9.17) is 9.47 Å². The smallest absolute Gasteiger partial charge is 0.138 e. The van der Waals surface area contributed by atoms with E-state index in [0.29, 0.717) is 6.61 Å². The second-order valence-corrected chi connectivity index (χ2v) is 6.37. The van der Waals surface area contributed by atoms with E-state index in [9.17, 15) is 4.39 Å². The maximum atomic E-state index is 13.1. The summed E-state index contributed by atoms with van der Waals surface area (Å²) in [6, 6.07) is 16.6. The molecule has 0 aliphatic carbocycles. The number of ether oxygens (including phenoxy) is 2. The van der Waals surface area contributed by atoms with Gasteiger partial charge >= 0.3 is 0 Å². The van der Waals surface area contributed by atoms with Gasteiger partial charge in [0.15, 0.2) is 0 Å². The van der Waals surface area contributed by atoms with Crippen molar-refractivity contribution in [2.45, 2.75) is 12.8 Å². The van der Waals surface area contributed by atoms with Gasteiger partial charge in [-0.1, -0.05) is 12.1 Å². The van der Waals surface area contributed by atoms with Crippen LogP contribution < -0.4 is 4.74 Å². The Morgan fingerprint density at radius 2 is 1.85 bits per heavy atom. The minimum Gasteiger partial charge on any atom is -0.497 e. The molecule has 5 heteroatoms. The maximum absolute atomic E-state index is 13.1. The van der Waals surface area contributed by atoms with Crippen molar-refractivity contribution in [1.82, 2.24) is 9.47 Å². The topological polar surface area (TPSA) is 26.6 Å². The third kappa shape index (κ3) is 3.49. The first-order valence-corrected chi connectivity index (χ1v) is 8.65. The fourth-order valence-corrected chi connectivity index (χ4v) is 3.27. The van der Waals surface area contributed by atoms with Crippen LogP contribution in [0.4, 0.5) is 4.39 Å². The van der Waals surface area contributed by atoms with E-state index in [-0.39, 0.29) is 12.0 Å². The van der Waals surface area contributed by atoms with Crippen LogP contribution in [0.3, 0.4) is 0 Å². The SMILES string of the molecule is COc1ccc(CN2CCO[C@H]2c2ccn(-c3ccc(F)cc3)c2)cc1. The van der Waals surface area contributed by atoms with E-state index >= 15 is 0 Å². The number of rotatable bonds is 5. The van der Waals surface area contributed by atoms with Crippen molar-refractivity contribution in [3.05, 3.63) is 83.9 Å². The standard InChI is InChI=1S/C21H21FN2O2/c1-25-20-8-2-16(3-9-20)14-24-12-13-26-21(24)17-10-11-23(15-17)19-6-4-18(22)5-7-19/h2-11,15,21H,12-14H2,1H3/t21-/m0/s1. The number of nitrogens with zero attached hydrogens (tertiary/aromatic N) is 2. The first-order chi connectivity index (χ1) is 12.7. The van der Waals surface area contributed by atoms with Gasteiger partial charge in [-0.3, -0.25) is 4.90 Å². The van der Waals surface area contributed by atoms with Crippen LogP contribution in [0, 0.1) is 5.82 Å². The Kier molecular flexibility index (Phi) is 4.73. The van der Waals surface area contributed by atoms with Gasteiger partial charge in [-0.15, -0.1) is 0 Å². The summed E-state index contributed by atoms with van der Waals surface area (Å²) >= 11 is 0. The average molecular weight is 352 g/mol. The number of benzene rings is 2. The van der Waals surface area contributed by atoms with Crippen molar-refractivity contribution in [3.63, 3.8) is 0 Å². The van der Waals surface area contributed by atoms with Crippen LogP contribution >= 0.6 is 0 Å². The maximum Gasteiger partial charge on any atom is 0.138 e. The molecule has 26 heavy (non-hydrogen) atoms. The monoisotopic (exact) mass is 352 g/mol. The van der Waals surface area contributed by atoms with Crippen LogP contribution in [0.5, 0.6) is 5.75 Å². The number of hydrogen-bond acceptors (Lipinski definition) is 3. The minimum absolute atomic E-state index is 0.0706. The largest absolute Gasteiger partial charge is 0.497 e. The molecule has 0 spiro atoms. The Morgan fingerprint density at radius 3 is 2.58 bits per heavy atom. The molecule has 1 aliphatic rings. The van der Waals surface area contributed by atoms with Gasteiger partial charge in [0.25, 0.3) is 0 Å². The van der Waals surface area contributed by atoms with E-state index < -0.39 is 0 Å². The molecule has 0 amide bonds. The highest BCUT2D eigenvalue weighted by atomic mass is 19.1. The molecule has 134 valence electrons. The van der Waals surface area contributed by atoms with Gasteiger partial charge in [0.2, 0.25) is 0 Å². The summed E-state index contributed by atoms with van der Waals surface area (Å²) in [6.45, 7) is 2.41. The highest BCUT2D eigenvalue weighted by Gasteiger charge is 2.27. The van der Waals surface area contributed by atoms with Crippen molar-refractivity contribution in [3.8, 4) is 11.4 Å². The molecule has 1 atom stereocenters. The summed E-state index contributed by atoms with van der Waals surface area (Å²) in [5.41, 5.74) is 3.25. The molecule has 0 N–H and O–H groups in total. The second kappa shape index (κ2) is 7.32. The summed E-state index contributed by atoms with van der Waals surface area (Å²) in [4.78, 5) is 2.31. The van der Waals surface area contributed by atoms with E-state index in [1.54, 1.807) is 19.2 Å². The predicted molar refractivity (Wildman–Crippen MR) is 97.8 cm³/mol. The Labute approximate surface area is 152 Å². The Bertz CT molecular complexity index is 858. The average Bonchev–Trinajstić information content (AvgIpc) is 3.32. The molecular weight excluding hydrogens is 331 g/mol. The normalized spacial score (nSPS) is 17.5. The minimum atomic E-state index is -0.231. The molecule has 0 saturated carbocycles. The number of methoxy groups -OCH3 is 1. The van der Waals surface area contributed by atoms with Crippen LogP contribution in [-0.2, 0) is 11.3 Å². The Morgan fingerprint density at radius 1 is 1.08 bits per heavy atom. The third-order valence-electron chi connectivity index (χ3n) is 4.66. The van der Waals surface area contributed by atoms with Gasteiger partial charge in [-0.05, 0) is 48.0 Å². The first kappa shape index (κ1) is 16.8. The fourth-order valence-electron chi connectivity index (χ4n) is 3.27. The molecule has 0 unspecified atom stereocenters. The van der Waals surface area contributed by atoms with E-state index in [1.165, 1.54) is 17.7 Å². The number of hydrogen-bond donors (Lipinski definition) is 0. The van der Waals surface area contributed by atoms with Gasteiger partial charge < -0.3 is 14.0 Å². The number of aromatic nitrogens is 1. The van der Waals surface area contributed by atoms with Gasteiger partial charge in [0.05, 0.1) is 13.7 Å². The Hall–Kier alpha value is -2.63. The second-order valence-electron chi connectivity index (χ2n) is 6.37. The van der Waals surface area contributed by atoms with E-state index in [0.717, 1.165) is 30.1 Å². The summed E-state index contributed by atoms with van der Waals surface area (Å²) in [5, 5.41) is 0. The predicted octanol–water partition coefficient (Wildman–Crippen LogP) is 4.16. The van der Waals surface area contributed by atoms with Gasteiger partial charge in [-0.25, -0.2) is 4.39 Å². The highest BCUT2D eigenvalue weighted by Crippen LogP contribution is 2.29. The lowest BCUT2D eigenvalue weighted by atomic mass is 10.2. The first-order valence-electron chi connectivity index (χ1n) is 8.65. The quantitative estimate of drug-likeness (QED) is 0.690. The summed E-state index contributed by atoms with van der Waals surface area (Å²) in [6.07, 6.45) is 3.96. The van der Waals surface area contributed by atoms with Crippen LogP contribution in [0.1, 0.15) is 17.4 Å². The van der Waals surface area contributed by atoms with Crippen molar-refractivity contribution >= 4 is 0 Å². The lowest BCUT2D eigenvalue weighted by Crippen LogP contribution is -2.23. The molecule has 2 heterocycles. The van der Waals surface area contributed by atoms with Gasteiger partial charge in [-0.2, -0.15) is 0 Å². The molecule has 3 aromatic rings. The Balaban J connectivity index is 1.50. The zero-order chi connectivity index (χ0) is 17.9. The molecular formula is C21H21FN2O2. The summed E-state index contributed by atoms with van der Waals surface area (Å²) < 4.78 is 26.3. The van der Waals surface area contributed by atoms with Crippen LogP contribution in [0.2, 0.25) is 0 Å².